The number of phenols is 1. The lowest BCUT2D eigenvalue weighted by molar-refractivity contribution is 0.209. The highest BCUT2D eigenvalue weighted by Crippen LogP contribution is 2.40. The molecule has 54 heavy (non-hydrogen) atoms. The molecule has 6 N–H and O–H groups in total. The van der Waals surface area contributed by atoms with Crippen LogP contribution in [-0.2, 0) is 32.2 Å². The first-order valence-electron chi connectivity index (χ1n) is 19.9. The number of benzene rings is 1. The van der Waals surface area contributed by atoms with Gasteiger partial charge < -0.3 is 31.7 Å². The van der Waals surface area contributed by atoms with Gasteiger partial charge in [0, 0.05) is 62.8 Å². The third kappa shape index (κ3) is 6.51. The topological polar surface area (TPSA) is 161 Å². The molecule has 2 saturated heterocycles. The van der Waals surface area contributed by atoms with E-state index in [0.717, 1.165) is 141 Å². The number of hydrogen-bond acceptors (Lipinski definition) is 13. The number of anilines is 4. The van der Waals surface area contributed by atoms with Crippen LogP contribution in [-0.4, -0.2) is 92.3 Å². The van der Waals surface area contributed by atoms with Crippen LogP contribution in [0.25, 0.3) is 22.1 Å². The molecule has 13 nitrogen and oxygen atoms in total. The van der Waals surface area contributed by atoms with Crippen LogP contribution in [0.15, 0.2) is 18.2 Å². The predicted molar refractivity (Wildman–Crippen MR) is 215 cm³/mol. The summed E-state index contributed by atoms with van der Waals surface area (Å²) in [6.07, 6.45) is 9.04. The van der Waals surface area contributed by atoms with Crippen molar-refractivity contribution in [3.63, 3.8) is 0 Å². The molecule has 0 radical (unpaired) electrons. The maximum atomic E-state index is 11.3. The highest BCUT2D eigenvalue weighted by atomic mass is 16.3. The number of aromatic hydroxyl groups is 1. The summed E-state index contributed by atoms with van der Waals surface area (Å²) in [5.41, 5.74) is 11.0. The number of piperidine rings is 2. The van der Waals surface area contributed by atoms with Crippen molar-refractivity contribution in [3.05, 3.63) is 63.0 Å². The molecule has 0 bridgehead atoms. The average Bonchev–Trinajstić information content (AvgIpc) is 3.84. The van der Waals surface area contributed by atoms with Crippen molar-refractivity contribution in [1.29, 1.82) is 0 Å². The average molecular weight is 729 g/mol. The molecule has 0 saturated carbocycles. The van der Waals surface area contributed by atoms with E-state index in [2.05, 4.69) is 57.5 Å². The lowest BCUT2D eigenvalue weighted by Gasteiger charge is -2.32. The minimum absolute atomic E-state index is 0.254. The molecule has 1 unspecified atom stereocenters. The van der Waals surface area contributed by atoms with E-state index in [4.69, 9.17) is 29.9 Å². The quantitative estimate of drug-likeness (QED) is 0.115. The second-order valence-electron chi connectivity index (χ2n) is 15.7. The van der Waals surface area contributed by atoms with Crippen molar-refractivity contribution in [1.82, 2.24) is 40.1 Å². The number of aromatic nitrogens is 6. The van der Waals surface area contributed by atoms with Crippen molar-refractivity contribution in [2.75, 3.05) is 61.5 Å². The maximum absolute atomic E-state index is 11.3. The van der Waals surface area contributed by atoms with E-state index in [0.29, 0.717) is 23.7 Å². The second kappa shape index (κ2) is 14.4. The zero-order valence-corrected chi connectivity index (χ0v) is 31.9. The number of hydrogen-bond donors (Lipinski definition) is 6. The predicted octanol–water partition coefficient (Wildman–Crippen LogP) is 5.38. The largest absolute Gasteiger partial charge is 0.508 e. The fourth-order valence-corrected chi connectivity index (χ4v) is 9.34. The van der Waals surface area contributed by atoms with Gasteiger partial charge in [-0.1, -0.05) is 12.1 Å². The molecular formula is C41H52N12O. The number of nitrogens with zero attached hydrogens (tertiary/aromatic N) is 7. The lowest BCUT2D eigenvalue weighted by Crippen LogP contribution is -2.39. The summed E-state index contributed by atoms with van der Waals surface area (Å²) in [6.45, 7) is 8.94. The Morgan fingerprint density at radius 1 is 0.741 bits per heavy atom. The molecule has 4 aliphatic rings. The van der Waals surface area contributed by atoms with E-state index in [-0.39, 0.29) is 12.0 Å². The lowest BCUT2D eigenvalue weighted by atomic mass is 9.94. The molecule has 2 aliphatic heterocycles. The molecule has 5 aromatic rings. The number of fused-ring (bicyclic) bond motifs is 4. The van der Waals surface area contributed by atoms with E-state index < -0.39 is 0 Å². The number of rotatable bonds is 9. The van der Waals surface area contributed by atoms with E-state index in [9.17, 15) is 5.11 Å². The molecule has 1 aromatic carbocycles. The standard InChI is InChI=1S/C41H52N12O/c1-22-29-6-5-7-31(29)47-38-34(22)36(42-3)49-41(51-38)46-28-12-16-53(17-13-28)21-25-9-8-24(20-33(25)54)26-18-30-23(2)35-37(43-4)50-40(45-27-10-14-44-15-11-27)52-39(35)48-32(30)19-26/h8-9,20,26-28,44,54H,5-7,10-19,21H2,1-4H3,(H2,42,46,47,49,51)(H2,43,45,48,50,52). The number of pyridine rings is 2. The van der Waals surface area contributed by atoms with E-state index in [1.807, 2.05) is 20.2 Å². The minimum Gasteiger partial charge on any atom is -0.508 e. The van der Waals surface area contributed by atoms with Gasteiger partial charge in [-0.25, -0.2) is 9.97 Å². The minimum atomic E-state index is 0.254. The van der Waals surface area contributed by atoms with Gasteiger partial charge >= 0.3 is 0 Å². The van der Waals surface area contributed by atoms with Crippen LogP contribution in [0.3, 0.4) is 0 Å². The fourth-order valence-electron chi connectivity index (χ4n) is 9.34. The number of nitrogens with one attached hydrogen (secondary N) is 5. The van der Waals surface area contributed by atoms with Crippen LogP contribution in [0.1, 0.15) is 82.8 Å². The molecule has 6 heterocycles. The first kappa shape index (κ1) is 34.9. The van der Waals surface area contributed by atoms with E-state index in [1.165, 1.54) is 27.9 Å². The summed E-state index contributed by atoms with van der Waals surface area (Å²) < 4.78 is 0. The van der Waals surface area contributed by atoms with Crippen molar-refractivity contribution in [3.8, 4) is 5.75 Å². The Labute approximate surface area is 316 Å². The van der Waals surface area contributed by atoms with Gasteiger partial charge in [0.2, 0.25) is 11.9 Å². The van der Waals surface area contributed by atoms with Crippen LogP contribution in [0.4, 0.5) is 23.5 Å². The van der Waals surface area contributed by atoms with Crippen LogP contribution in [0, 0.1) is 13.8 Å². The van der Waals surface area contributed by atoms with Gasteiger partial charge in [0.1, 0.15) is 17.4 Å². The highest BCUT2D eigenvalue weighted by Gasteiger charge is 2.30. The number of phenolic OH excluding ortho intramolecular Hbond substituents is 1. The smallest absolute Gasteiger partial charge is 0.226 e. The molecule has 282 valence electrons. The first-order valence-corrected chi connectivity index (χ1v) is 19.9. The zero-order chi connectivity index (χ0) is 36.9. The van der Waals surface area contributed by atoms with Gasteiger partial charge in [0.05, 0.1) is 10.8 Å². The molecular weight excluding hydrogens is 677 g/mol. The summed E-state index contributed by atoms with van der Waals surface area (Å²) in [5.74, 6) is 3.55. The van der Waals surface area contributed by atoms with Gasteiger partial charge in [0.15, 0.2) is 11.3 Å². The zero-order valence-electron chi connectivity index (χ0n) is 31.9. The molecule has 13 heteroatoms. The SMILES string of the molecule is CNc1nc(NC2CCN(Cc3ccc(C4Cc5nc6nc(NC7CCNCC7)nc(NC)c6c(C)c5C4)cc3O)CC2)nc2nc3c(c(C)c12)CCC3. The van der Waals surface area contributed by atoms with Gasteiger partial charge in [0.25, 0.3) is 0 Å². The van der Waals surface area contributed by atoms with Crippen LogP contribution >= 0.6 is 0 Å². The Morgan fingerprint density at radius 2 is 1.37 bits per heavy atom. The molecule has 1 atom stereocenters. The van der Waals surface area contributed by atoms with Gasteiger partial charge in [-0.15, -0.1) is 0 Å². The van der Waals surface area contributed by atoms with Crippen molar-refractivity contribution in [2.24, 2.45) is 0 Å². The van der Waals surface area contributed by atoms with Crippen molar-refractivity contribution >= 4 is 45.6 Å². The molecule has 0 amide bonds. The monoisotopic (exact) mass is 728 g/mol. The van der Waals surface area contributed by atoms with Crippen molar-refractivity contribution < 1.29 is 5.11 Å². The summed E-state index contributed by atoms with van der Waals surface area (Å²) in [4.78, 5) is 32.0. The van der Waals surface area contributed by atoms with Gasteiger partial charge in [-0.05, 0) is 125 Å². The number of likely N-dealkylation sites (tertiary alicyclic amines) is 1. The molecule has 9 rings (SSSR count). The normalized spacial score (nSPS) is 19.3. The molecule has 0 spiro atoms. The third-order valence-electron chi connectivity index (χ3n) is 12.4. The van der Waals surface area contributed by atoms with E-state index >= 15 is 0 Å². The Balaban J connectivity index is 0.844. The fraction of sp³-hybridized carbons (Fsp3) is 0.512. The second-order valence-corrected chi connectivity index (χ2v) is 15.7. The summed E-state index contributed by atoms with van der Waals surface area (Å²) in [5, 5.41) is 30.5. The Kier molecular flexibility index (Phi) is 9.30. The summed E-state index contributed by atoms with van der Waals surface area (Å²) >= 11 is 0. The van der Waals surface area contributed by atoms with Crippen LogP contribution in [0.2, 0.25) is 0 Å². The van der Waals surface area contributed by atoms with Crippen LogP contribution in [0.5, 0.6) is 5.75 Å². The van der Waals surface area contributed by atoms with Gasteiger partial charge in [-0.2, -0.15) is 19.9 Å². The van der Waals surface area contributed by atoms with Gasteiger partial charge in [-0.3, -0.25) is 4.90 Å². The Morgan fingerprint density at radius 3 is 2.02 bits per heavy atom. The van der Waals surface area contributed by atoms with Crippen LogP contribution < -0.4 is 26.6 Å². The third-order valence-corrected chi connectivity index (χ3v) is 12.4. The van der Waals surface area contributed by atoms with E-state index in [1.54, 1.807) is 0 Å². The summed E-state index contributed by atoms with van der Waals surface area (Å²) in [7, 11) is 3.84. The maximum Gasteiger partial charge on any atom is 0.226 e. The first-order chi connectivity index (χ1) is 26.3. The van der Waals surface area contributed by atoms with Crippen molar-refractivity contribution in [2.45, 2.75) is 96.2 Å². The Bertz CT molecular complexity index is 2230. The summed E-state index contributed by atoms with van der Waals surface area (Å²) in [6, 6.07) is 6.94. The highest BCUT2D eigenvalue weighted by molar-refractivity contribution is 5.92. The molecule has 2 aliphatic carbocycles. The number of aryl methyl sites for hydroxylation is 3. The Hall–Kier alpha value is -4.88. The molecule has 2 fully saturated rings. The molecule has 4 aromatic heterocycles.